The van der Waals surface area contributed by atoms with E-state index in [1.54, 1.807) is 0 Å². The summed E-state index contributed by atoms with van der Waals surface area (Å²) in [5, 5.41) is 21.5. The quantitative estimate of drug-likeness (QED) is 0.500. The number of carboxylic acid groups (broad SMARTS) is 2. The maximum Gasteiger partial charge on any atom is 0.338 e. The maximum atomic E-state index is 11.7. The summed E-state index contributed by atoms with van der Waals surface area (Å²) < 4.78 is 4.85. The Balaban J connectivity index is 3.06. The summed E-state index contributed by atoms with van der Waals surface area (Å²) in [6.45, 7) is 2.04. The lowest BCUT2D eigenvalue weighted by Gasteiger charge is -2.12. The van der Waals surface area contributed by atoms with Crippen molar-refractivity contribution in [1.29, 1.82) is 0 Å². The van der Waals surface area contributed by atoms with Gasteiger partial charge in [0.25, 0.3) is 0 Å². The van der Waals surface area contributed by atoms with Crippen LogP contribution in [0, 0.1) is 0 Å². The summed E-state index contributed by atoms with van der Waals surface area (Å²) in [7, 11) is 0. The van der Waals surface area contributed by atoms with Crippen LogP contribution in [0.5, 0.6) is 0 Å². The van der Waals surface area contributed by atoms with Gasteiger partial charge in [0, 0.05) is 5.56 Å². The first-order chi connectivity index (χ1) is 8.97. The number of benzene rings is 1. The topological polar surface area (TPSA) is 107 Å². The van der Waals surface area contributed by atoms with Crippen LogP contribution < -0.4 is 10.2 Å². The summed E-state index contributed by atoms with van der Waals surface area (Å²) in [5.41, 5.74) is -1.06. The van der Waals surface area contributed by atoms with E-state index < -0.39 is 23.5 Å². The Kier molecular flexibility index (Phi) is 5.05. The van der Waals surface area contributed by atoms with E-state index in [1.165, 1.54) is 0 Å². The molecule has 0 heterocycles. The Bertz CT molecular complexity index is 506. The molecule has 0 aromatic heterocycles. The van der Waals surface area contributed by atoms with Crippen LogP contribution in [0.15, 0.2) is 18.2 Å². The number of aromatic carboxylic acids is 2. The summed E-state index contributed by atoms with van der Waals surface area (Å²) in [6, 6.07) is 2.93. The Hall–Kier alpha value is -2.37. The lowest BCUT2D eigenvalue weighted by atomic mass is 10.0. The lowest BCUT2D eigenvalue weighted by molar-refractivity contribution is -0.256. The van der Waals surface area contributed by atoms with Crippen LogP contribution in [0.2, 0.25) is 0 Å². The van der Waals surface area contributed by atoms with Crippen molar-refractivity contribution in [1.82, 2.24) is 0 Å². The van der Waals surface area contributed by atoms with E-state index in [4.69, 9.17) is 4.74 Å². The molecule has 0 saturated carbocycles. The molecular weight excluding hydrogens is 252 g/mol. The second kappa shape index (κ2) is 6.53. The predicted molar refractivity (Wildman–Crippen MR) is 60.3 cm³/mol. The van der Waals surface area contributed by atoms with Crippen LogP contribution in [0.4, 0.5) is 0 Å². The number of hydrogen-bond acceptors (Lipinski definition) is 6. The van der Waals surface area contributed by atoms with Crippen molar-refractivity contribution in [3.05, 3.63) is 34.9 Å². The second-order valence-electron chi connectivity index (χ2n) is 3.82. The SMILES string of the molecule is CCCCOC(=O)c1cc(C(=O)[O-])ccc1C(=O)[O-]. The lowest BCUT2D eigenvalue weighted by Crippen LogP contribution is -2.27. The van der Waals surface area contributed by atoms with Crippen molar-refractivity contribution < 1.29 is 29.3 Å². The van der Waals surface area contributed by atoms with Gasteiger partial charge in [0.15, 0.2) is 0 Å². The number of carboxylic acids is 2. The van der Waals surface area contributed by atoms with Gasteiger partial charge in [-0.3, -0.25) is 0 Å². The molecule has 0 aliphatic heterocycles. The summed E-state index contributed by atoms with van der Waals surface area (Å²) >= 11 is 0. The minimum atomic E-state index is -1.58. The van der Waals surface area contributed by atoms with Crippen molar-refractivity contribution in [3.8, 4) is 0 Å². The van der Waals surface area contributed by atoms with Gasteiger partial charge < -0.3 is 24.5 Å². The molecule has 19 heavy (non-hydrogen) atoms. The van der Waals surface area contributed by atoms with E-state index in [1.807, 2.05) is 6.92 Å². The van der Waals surface area contributed by atoms with E-state index in [0.717, 1.165) is 24.6 Å². The zero-order valence-electron chi connectivity index (χ0n) is 10.3. The fourth-order valence-corrected chi connectivity index (χ4v) is 1.41. The van der Waals surface area contributed by atoms with Gasteiger partial charge in [-0.2, -0.15) is 0 Å². The largest absolute Gasteiger partial charge is 0.545 e. The van der Waals surface area contributed by atoms with Crippen LogP contribution >= 0.6 is 0 Å². The monoisotopic (exact) mass is 264 g/mol. The third-order valence-corrected chi connectivity index (χ3v) is 2.43. The number of esters is 1. The molecule has 1 aromatic carbocycles. The molecule has 0 bridgehead atoms. The molecule has 0 aliphatic rings. The number of rotatable bonds is 6. The number of carbonyl (C=O) groups is 3. The van der Waals surface area contributed by atoms with Gasteiger partial charge in [-0.1, -0.05) is 25.5 Å². The smallest absolute Gasteiger partial charge is 0.338 e. The predicted octanol–water partition coefficient (Wildman–Crippen LogP) is -0.630. The molecule has 0 spiro atoms. The van der Waals surface area contributed by atoms with E-state index >= 15 is 0 Å². The molecule has 0 amide bonds. The van der Waals surface area contributed by atoms with Gasteiger partial charge in [-0.05, 0) is 18.1 Å². The van der Waals surface area contributed by atoms with Gasteiger partial charge in [-0.15, -0.1) is 0 Å². The van der Waals surface area contributed by atoms with Crippen LogP contribution in [-0.4, -0.2) is 24.5 Å². The van der Waals surface area contributed by atoms with E-state index in [2.05, 4.69) is 0 Å². The highest BCUT2D eigenvalue weighted by molar-refractivity contribution is 6.03. The Morgan fingerprint density at radius 1 is 1.11 bits per heavy atom. The van der Waals surface area contributed by atoms with Gasteiger partial charge in [0.2, 0.25) is 0 Å². The molecule has 6 nitrogen and oxygen atoms in total. The minimum absolute atomic E-state index is 0.136. The average Bonchev–Trinajstić information content (AvgIpc) is 2.37. The second-order valence-corrected chi connectivity index (χ2v) is 3.82. The fraction of sp³-hybridized carbons (Fsp3) is 0.308. The number of hydrogen-bond donors (Lipinski definition) is 0. The number of carbonyl (C=O) groups excluding carboxylic acids is 3. The van der Waals surface area contributed by atoms with Gasteiger partial charge in [-0.25, -0.2) is 4.79 Å². The van der Waals surface area contributed by atoms with E-state index in [9.17, 15) is 24.6 Å². The van der Waals surface area contributed by atoms with Crippen LogP contribution in [-0.2, 0) is 4.74 Å². The molecule has 0 unspecified atom stereocenters. The molecule has 6 heteroatoms. The molecule has 0 fully saturated rings. The summed E-state index contributed by atoms with van der Waals surface area (Å²) in [5.74, 6) is -3.98. The zero-order chi connectivity index (χ0) is 14.4. The fourth-order valence-electron chi connectivity index (χ4n) is 1.41. The highest BCUT2D eigenvalue weighted by atomic mass is 16.5. The van der Waals surface area contributed by atoms with Crippen molar-refractivity contribution in [3.63, 3.8) is 0 Å². The Morgan fingerprint density at radius 2 is 1.79 bits per heavy atom. The Morgan fingerprint density at radius 3 is 2.32 bits per heavy atom. The van der Waals surface area contributed by atoms with Crippen LogP contribution in [0.1, 0.15) is 50.8 Å². The van der Waals surface area contributed by atoms with Gasteiger partial charge in [0.05, 0.1) is 24.1 Å². The molecule has 0 N–H and O–H groups in total. The molecule has 0 radical (unpaired) electrons. The molecule has 0 saturated heterocycles. The first-order valence-electron chi connectivity index (χ1n) is 5.71. The van der Waals surface area contributed by atoms with Gasteiger partial charge in [0.1, 0.15) is 0 Å². The molecule has 0 atom stereocenters. The molecule has 1 rings (SSSR count). The molecular formula is C13H12O6-2. The molecule has 0 aliphatic carbocycles. The average molecular weight is 264 g/mol. The van der Waals surface area contributed by atoms with Crippen LogP contribution in [0.25, 0.3) is 0 Å². The molecule has 1 aromatic rings. The summed E-state index contributed by atoms with van der Waals surface area (Å²) in [6.07, 6.45) is 1.44. The number of ether oxygens (including phenoxy) is 1. The van der Waals surface area contributed by atoms with Crippen LogP contribution in [0.3, 0.4) is 0 Å². The third-order valence-electron chi connectivity index (χ3n) is 2.43. The van der Waals surface area contributed by atoms with Crippen molar-refractivity contribution in [2.24, 2.45) is 0 Å². The number of unbranched alkanes of at least 4 members (excludes halogenated alkanes) is 1. The highest BCUT2D eigenvalue weighted by Crippen LogP contribution is 2.13. The Labute approximate surface area is 109 Å². The van der Waals surface area contributed by atoms with Crippen molar-refractivity contribution in [2.75, 3.05) is 6.61 Å². The molecule has 102 valence electrons. The van der Waals surface area contributed by atoms with Crippen molar-refractivity contribution in [2.45, 2.75) is 19.8 Å². The third kappa shape index (κ3) is 3.80. The van der Waals surface area contributed by atoms with E-state index in [0.29, 0.717) is 6.42 Å². The first-order valence-corrected chi connectivity index (χ1v) is 5.71. The first kappa shape index (κ1) is 14.7. The van der Waals surface area contributed by atoms with E-state index in [-0.39, 0.29) is 17.7 Å². The summed E-state index contributed by atoms with van der Waals surface area (Å²) in [4.78, 5) is 33.2. The maximum absolute atomic E-state index is 11.7. The standard InChI is InChI=1S/C13H14O6/c1-2-3-6-19-13(18)10-7-8(11(14)15)4-5-9(10)12(16)17/h4-5,7H,2-3,6H2,1H3,(H,14,15)(H,16,17)/p-2. The highest BCUT2D eigenvalue weighted by Gasteiger charge is 2.14. The minimum Gasteiger partial charge on any atom is -0.545 e. The zero-order valence-corrected chi connectivity index (χ0v) is 10.3. The normalized spacial score (nSPS) is 9.95. The van der Waals surface area contributed by atoms with Crippen molar-refractivity contribution >= 4 is 17.9 Å². The van der Waals surface area contributed by atoms with Gasteiger partial charge >= 0.3 is 5.97 Å².